The molecule has 6 heteroatoms. The predicted octanol–water partition coefficient (Wildman–Crippen LogP) is 4.32. The van der Waals surface area contributed by atoms with Gasteiger partial charge in [0.15, 0.2) is 0 Å². The van der Waals surface area contributed by atoms with Crippen molar-refractivity contribution >= 4 is 21.6 Å². The first-order valence-electron chi connectivity index (χ1n) is 10.5. The third-order valence-corrected chi connectivity index (χ3v) is 7.22. The SMILES string of the molecule is CCc1ccccc1S(=O)(=O)NCc1ccc2c(c1)N(C(=O)c1ccccc1)[C@@H](C)C2. The van der Waals surface area contributed by atoms with Crippen molar-refractivity contribution in [3.05, 3.63) is 95.1 Å². The second kappa shape index (κ2) is 8.65. The van der Waals surface area contributed by atoms with Gasteiger partial charge in [0.1, 0.15) is 0 Å². The number of nitrogens with one attached hydrogen (secondary N) is 1. The third-order valence-electron chi connectivity index (χ3n) is 5.71. The zero-order valence-corrected chi connectivity index (χ0v) is 18.5. The van der Waals surface area contributed by atoms with Crippen molar-refractivity contribution in [3.63, 3.8) is 0 Å². The summed E-state index contributed by atoms with van der Waals surface area (Å²) in [4.78, 5) is 15.2. The Balaban J connectivity index is 1.57. The summed E-state index contributed by atoms with van der Waals surface area (Å²) in [6.07, 6.45) is 1.42. The molecule has 1 aliphatic heterocycles. The average Bonchev–Trinajstić information content (AvgIpc) is 3.12. The number of fused-ring (bicyclic) bond motifs is 1. The number of hydrogen-bond donors (Lipinski definition) is 1. The van der Waals surface area contributed by atoms with Crippen LogP contribution in [0, 0.1) is 0 Å². The molecule has 1 amide bonds. The molecule has 3 aromatic rings. The van der Waals surface area contributed by atoms with Gasteiger partial charge in [0.25, 0.3) is 5.91 Å². The van der Waals surface area contributed by atoms with E-state index in [1.807, 2.05) is 79.4 Å². The van der Waals surface area contributed by atoms with E-state index in [2.05, 4.69) is 4.72 Å². The van der Waals surface area contributed by atoms with Gasteiger partial charge in [0.2, 0.25) is 10.0 Å². The average molecular weight is 435 g/mol. The molecule has 0 spiro atoms. The number of anilines is 1. The molecule has 0 aromatic heterocycles. The van der Waals surface area contributed by atoms with Crippen molar-refractivity contribution in [2.45, 2.75) is 44.2 Å². The Morgan fingerprint density at radius 2 is 1.74 bits per heavy atom. The lowest BCUT2D eigenvalue weighted by atomic mass is 10.1. The van der Waals surface area contributed by atoms with Gasteiger partial charge in [-0.1, -0.05) is 55.5 Å². The van der Waals surface area contributed by atoms with Gasteiger partial charge in [-0.2, -0.15) is 0 Å². The number of rotatable bonds is 6. The van der Waals surface area contributed by atoms with E-state index in [1.54, 1.807) is 12.1 Å². The molecule has 0 radical (unpaired) electrons. The summed E-state index contributed by atoms with van der Waals surface area (Å²) in [6.45, 7) is 4.13. The van der Waals surface area contributed by atoms with Crippen LogP contribution in [0.15, 0.2) is 77.7 Å². The first-order chi connectivity index (χ1) is 14.9. The highest BCUT2D eigenvalue weighted by Gasteiger charge is 2.31. The molecule has 1 heterocycles. The number of nitrogens with zero attached hydrogens (tertiary/aromatic N) is 1. The normalized spacial score (nSPS) is 15.7. The van der Waals surface area contributed by atoms with E-state index in [4.69, 9.17) is 0 Å². The van der Waals surface area contributed by atoms with Crippen LogP contribution < -0.4 is 9.62 Å². The number of aryl methyl sites for hydroxylation is 1. The standard InChI is InChI=1S/C25H26N2O3S/c1-3-20-9-7-8-12-24(20)31(29,30)26-17-19-13-14-22-15-18(2)27(23(22)16-19)25(28)21-10-5-4-6-11-21/h4-14,16,18,26H,3,15,17H2,1-2H3/t18-/m0/s1. The van der Waals surface area contributed by atoms with Gasteiger partial charge in [-0.25, -0.2) is 13.1 Å². The maximum atomic E-state index is 13.1. The molecule has 0 aliphatic carbocycles. The smallest absolute Gasteiger partial charge is 0.258 e. The summed E-state index contributed by atoms with van der Waals surface area (Å²) in [7, 11) is -3.63. The van der Waals surface area contributed by atoms with Crippen LogP contribution in [0.4, 0.5) is 5.69 Å². The zero-order chi connectivity index (χ0) is 22.0. The molecule has 3 aromatic carbocycles. The largest absolute Gasteiger partial charge is 0.305 e. The van der Waals surface area contributed by atoms with Gasteiger partial charge in [0, 0.05) is 23.8 Å². The molecule has 1 aliphatic rings. The van der Waals surface area contributed by atoms with E-state index >= 15 is 0 Å². The van der Waals surface area contributed by atoms with Gasteiger partial charge in [-0.05, 0) is 60.7 Å². The number of hydrogen-bond acceptors (Lipinski definition) is 3. The van der Waals surface area contributed by atoms with Crippen LogP contribution in [0.3, 0.4) is 0 Å². The van der Waals surface area contributed by atoms with E-state index < -0.39 is 10.0 Å². The molecular weight excluding hydrogens is 408 g/mol. The van der Waals surface area contributed by atoms with Gasteiger partial charge in [0.05, 0.1) is 4.90 Å². The predicted molar refractivity (Wildman–Crippen MR) is 123 cm³/mol. The third kappa shape index (κ3) is 4.27. The van der Waals surface area contributed by atoms with Crippen molar-refractivity contribution in [3.8, 4) is 0 Å². The quantitative estimate of drug-likeness (QED) is 0.628. The lowest BCUT2D eigenvalue weighted by molar-refractivity contribution is 0.0981. The minimum absolute atomic E-state index is 0.0403. The second-order valence-corrected chi connectivity index (χ2v) is 9.58. The number of amides is 1. The molecule has 1 N–H and O–H groups in total. The Bertz CT molecular complexity index is 1210. The number of carbonyl (C=O) groups is 1. The van der Waals surface area contributed by atoms with E-state index in [-0.39, 0.29) is 18.5 Å². The Labute approximate surface area is 183 Å². The van der Waals surface area contributed by atoms with Crippen LogP contribution >= 0.6 is 0 Å². The van der Waals surface area contributed by atoms with Crippen molar-refractivity contribution in [2.24, 2.45) is 0 Å². The fourth-order valence-electron chi connectivity index (χ4n) is 4.11. The molecule has 0 bridgehead atoms. The fraction of sp³-hybridized carbons (Fsp3) is 0.240. The summed E-state index contributed by atoms with van der Waals surface area (Å²) in [5, 5.41) is 0. The topological polar surface area (TPSA) is 66.5 Å². The Kier molecular flexibility index (Phi) is 5.94. The molecule has 31 heavy (non-hydrogen) atoms. The molecule has 0 saturated carbocycles. The van der Waals surface area contributed by atoms with Crippen LogP contribution in [0.1, 0.15) is 40.9 Å². The summed E-state index contributed by atoms with van der Waals surface area (Å²) in [5.74, 6) is -0.0403. The number of sulfonamides is 1. The first-order valence-corrected chi connectivity index (χ1v) is 12.0. The maximum absolute atomic E-state index is 13.1. The van der Waals surface area contributed by atoms with E-state index in [1.165, 1.54) is 0 Å². The minimum Gasteiger partial charge on any atom is -0.305 e. The highest BCUT2D eigenvalue weighted by molar-refractivity contribution is 7.89. The van der Waals surface area contributed by atoms with Gasteiger partial charge >= 0.3 is 0 Å². The van der Waals surface area contributed by atoms with Crippen LogP contribution in [0.25, 0.3) is 0 Å². The Morgan fingerprint density at radius 1 is 1.03 bits per heavy atom. The first kappa shape index (κ1) is 21.3. The van der Waals surface area contributed by atoms with Crippen LogP contribution in [0.2, 0.25) is 0 Å². The van der Waals surface area contributed by atoms with Crippen LogP contribution in [-0.2, 0) is 29.4 Å². The van der Waals surface area contributed by atoms with Crippen molar-refractivity contribution in [1.82, 2.24) is 4.72 Å². The van der Waals surface area contributed by atoms with Crippen LogP contribution in [-0.4, -0.2) is 20.4 Å². The van der Waals surface area contributed by atoms with E-state index in [0.29, 0.717) is 16.9 Å². The molecule has 0 saturated heterocycles. The highest BCUT2D eigenvalue weighted by Crippen LogP contribution is 2.34. The van der Waals surface area contributed by atoms with E-state index in [9.17, 15) is 13.2 Å². The lowest BCUT2D eigenvalue weighted by Gasteiger charge is -2.23. The second-order valence-electron chi connectivity index (χ2n) is 7.84. The number of carbonyl (C=O) groups excluding carboxylic acids is 1. The van der Waals surface area contributed by atoms with Crippen molar-refractivity contribution in [2.75, 3.05) is 4.90 Å². The zero-order valence-electron chi connectivity index (χ0n) is 17.7. The van der Waals surface area contributed by atoms with Crippen molar-refractivity contribution < 1.29 is 13.2 Å². The molecule has 0 unspecified atom stereocenters. The fourth-order valence-corrected chi connectivity index (χ4v) is 5.43. The summed E-state index contributed by atoms with van der Waals surface area (Å²) in [6, 6.07) is 22.2. The van der Waals surface area contributed by atoms with Gasteiger partial charge < -0.3 is 4.90 Å². The van der Waals surface area contributed by atoms with Gasteiger partial charge in [-0.15, -0.1) is 0 Å². The number of benzene rings is 3. The molecule has 160 valence electrons. The van der Waals surface area contributed by atoms with Gasteiger partial charge in [-0.3, -0.25) is 4.79 Å². The molecule has 0 fully saturated rings. The summed E-state index contributed by atoms with van der Waals surface area (Å²) >= 11 is 0. The maximum Gasteiger partial charge on any atom is 0.258 e. The monoisotopic (exact) mass is 434 g/mol. The van der Waals surface area contributed by atoms with Crippen molar-refractivity contribution in [1.29, 1.82) is 0 Å². The van der Waals surface area contributed by atoms with Crippen LogP contribution in [0.5, 0.6) is 0 Å². The molecule has 4 rings (SSSR count). The minimum atomic E-state index is -3.63. The molecular formula is C25H26N2O3S. The summed E-state index contributed by atoms with van der Waals surface area (Å²) < 4.78 is 28.4. The molecule has 5 nitrogen and oxygen atoms in total. The van der Waals surface area contributed by atoms with E-state index in [0.717, 1.165) is 28.8 Å². The Morgan fingerprint density at radius 3 is 2.48 bits per heavy atom. The summed E-state index contributed by atoms with van der Waals surface area (Å²) in [5.41, 5.74) is 4.20. The lowest BCUT2D eigenvalue weighted by Crippen LogP contribution is -2.35. The highest BCUT2D eigenvalue weighted by atomic mass is 32.2. The molecule has 1 atom stereocenters. The Hall–Kier alpha value is -2.96.